The SMILES string of the molecule is CC12CC3(C)CC(N)(C1)CC(O[N+](=O)[O-])(C2)C3.Cl. The van der Waals surface area contributed by atoms with Crippen molar-refractivity contribution in [3.63, 3.8) is 0 Å². The summed E-state index contributed by atoms with van der Waals surface area (Å²) in [6, 6.07) is 0. The van der Waals surface area contributed by atoms with Crippen LogP contribution in [0.1, 0.15) is 52.4 Å². The van der Waals surface area contributed by atoms with Crippen molar-refractivity contribution in [3.8, 4) is 0 Å². The number of hydrogen-bond donors (Lipinski definition) is 1. The van der Waals surface area contributed by atoms with Crippen molar-refractivity contribution in [1.29, 1.82) is 0 Å². The minimum atomic E-state index is -0.622. The highest BCUT2D eigenvalue weighted by atomic mass is 35.5. The lowest BCUT2D eigenvalue weighted by Gasteiger charge is -2.67. The van der Waals surface area contributed by atoms with Crippen LogP contribution in [0.3, 0.4) is 0 Å². The van der Waals surface area contributed by atoms with E-state index in [1.807, 2.05) is 0 Å². The average Bonchev–Trinajstić information content (AvgIpc) is 1.87. The molecule has 5 nitrogen and oxygen atoms in total. The van der Waals surface area contributed by atoms with Crippen LogP contribution in [0.25, 0.3) is 0 Å². The van der Waals surface area contributed by atoms with E-state index in [1.54, 1.807) is 0 Å². The molecule has 0 aromatic heterocycles. The third-order valence-corrected chi connectivity index (χ3v) is 4.85. The van der Waals surface area contributed by atoms with Crippen molar-refractivity contribution in [1.82, 2.24) is 0 Å². The van der Waals surface area contributed by atoms with E-state index in [1.165, 1.54) is 0 Å². The Hall–Kier alpha value is -0.550. The zero-order chi connectivity index (χ0) is 12.5. The van der Waals surface area contributed by atoms with E-state index in [-0.39, 0.29) is 28.8 Å². The summed E-state index contributed by atoms with van der Waals surface area (Å²) < 4.78 is 0. The molecule has 2 atom stereocenters. The van der Waals surface area contributed by atoms with Gasteiger partial charge in [-0.15, -0.1) is 22.5 Å². The molecule has 104 valence electrons. The van der Waals surface area contributed by atoms with Crippen molar-refractivity contribution in [2.75, 3.05) is 0 Å². The largest absolute Gasteiger partial charge is 0.325 e. The molecular formula is C12H21ClN2O3. The summed E-state index contributed by atoms with van der Waals surface area (Å²) in [6.07, 6.45) is 5.32. The first-order valence-corrected chi connectivity index (χ1v) is 6.28. The Bertz CT molecular complexity index is 347. The molecule has 4 aliphatic carbocycles. The second-order valence-electron chi connectivity index (χ2n) is 7.54. The van der Waals surface area contributed by atoms with E-state index in [0.717, 1.165) is 32.1 Å². The third kappa shape index (κ3) is 1.97. The number of rotatable bonds is 2. The quantitative estimate of drug-likeness (QED) is 0.621. The molecular weight excluding hydrogens is 256 g/mol. The Morgan fingerprint density at radius 3 is 1.94 bits per heavy atom. The zero-order valence-electron chi connectivity index (χ0n) is 10.9. The second-order valence-corrected chi connectivity index (χ2v) is 7.54. The number of hydrogen-bond acceptors (Lipinski definition) is 4. The van der Waals surface area contributed by atoms with Crippen LogP contribution in [0.4, 0.5) is 0 Å². The van der Waals surface area contributed by atoms with Gasteiger partial charge in [0.1, 0.15) is 5.60 Å². The molecule has 0 aromatic rings. The van der Waals surface area contributed by atoms with Gasteiger partial charge in [-0.25, -0.2) is 0 Å². The Morgan fingerprint density at radius 1 is 1.06 bits per heavy atom. The fourth-order valence-corrected chi connectivity index (χ4v) is 5.93. The Kier molecular flexibility index (Phi) is 2.70. The Labute approximate surface area is 113 Å². The monoisotopic (exact) mass is 276 g/mol. The predicted octanol–water partition coefficient (Wildman–Crippen LogP) is 2.45. The topological polar surface area (TPSA) is 78.4 Å². The molecule has 2 unspecified atom stereocenters. The van der Waals surface area contributed by atoms with Gasteiger partial charge < -0.3 is 10.6 Å². The molecule has 0 amide bonds. The number of nitrogens with two attached hydrogens (primary N) is 1. The van der Waals surface area contributed by atoms with Crippen molar-refractivity contribution < 1.29 is 9.92 Å². The molecule has 4 saturated carbocycles. The van der Waals surface area contributed by atoms with E-state index in [0.29, 0.717) is 6.42 Å². The highest BCUT2D eigenvalue weighted by molar-refractivity contribution is 5.85. The molecule has 0 heterocycles. The van der Waals surface area contributed by atoms with Gasteiger partial charge in [-0.1, -0.05) is 13.8 Å². The predicted molar refractivity (Wildman–Crippen MR) is 68.9 cm³/mol. The highest BCUT2D eigenvalue weighted by Crippen LogP contribution is 2.67. The summed E-state index contributed by atoms with van der Waals surface area (Å²) >= 11 is 0. The number of nitrogens with zero attached hydrogens (tertiary/aromatic N) is 1. The van der Waals surface area contributed by atoms with Gasteiger partial charge in [-0.05, 0) is 49.4 Å². The average molecular weight is 277 g/mol. The lowest BCUT2D eigenvalue weighted by atomic mass is 9.41. The summed E-state index contributed by atoms with van der Waals surface area (Å²) in [4.78, 5) is 15.8. The first-order valence-electron chi connectivity index (χ1n) is 6.28. The van der Waals surface area contributed by atoms with Crippen molar-refractivity contribution >= 4 is 12.4 Å². The van der Waals surface area contributed by atoms with Crippen LogP contribution in [0, 0.1) is 20.9 Å². The van der Waals surface area contributed by atoms with E-state index in [9.17, 15) is 10.1 Å². The van der Waals surface area contributed by atoms with Gasteiger partial charge in [-0.3, -0.25) is 0 Å². The molecule has 6 heteroatoms. The lowest BCUT2D eigenvalue weighted by molar-refractivity contribution is -0.786. The third-order valence-electron chi connectivity index (χ3n) is 4.85. The Balaban J connectivity index is 0.00000120. The fraction of sp³-hybridized carbons (Fsp3) is 1.00. The molecule has 0 saturated heterocycles. The summed E-state index contributed by atoms with van der Waals surface area (Å²) in [5, 5.41) is 10.1. The molecule has 4 aliphatic rings. The zero-order valence-corrected chi connectivity index (χ0v) is 11.7. The molecule has 4 bridgehead atoms. The van der Waals surface area contributed by atoms with Gasteiger partial charge in [0, 0.05) is 5.54 Å². The second kappa shape index (κ2) is 3.51. The molecule has 4 rings (SSSR count). The van der Waals surface area contributed by atoms with Gasteiger partial charge in [-0.2, -0.15) is 0 Å². The molecule has 0 aliphatic heterocycles. The maximum Gasteiger partial charge on any atom is 0.295 e. The van der Waals surface area contributed by atoms with Crippen molar-refractivity contribution in [2.24, 2.45) is 16.6 Å². The van der Waals surface area contributed by atoms with Crippen LogP contribution in [0.15, 0.2) is 0 Å². The molecule has 18 heavy (non-hydrogen) atoms. The van der Waals surface area contributed by atoms with E-state index >= 15 is 0 Å². The maximum atomic E-state index is 10.7. The first kappa shape index (κ1) is 13.9. The highest BCUT2D eigenvalue weighted by Gasteiger charge is 2.66. The molecule has 0 aromatic carbocycles. The van der Waals surface area contributed by atoms with Crippen LogP contribution in [0.2, 0.25) is 0 Å². The van der Waals surface area contributed by atoms with E-state index in [4.69, 9.17) is 10.6 Å². The van der Waals surface area contributed by atoms with Crippen LogP contribution >= 0.6 is 12.4 Å². The van der Waals surface area contributed by atoms with E-state index < -0.39 is 10.7 Å². The Morgan fingerprint density at radius 2 is 1.56 bits per heavy atom. The fourth-order valence-electron chi connectivity index (χ4n) is 5.93. The van der Waals surface area contributed by atoms with Crippen LogP contribution in [-0.4, -0.2) is 16.2 Å². The van der Waals surface area contributed by atoms with E-state index in [2.05, 4.69) is 13.8 Å². The summed E-state index contributed by atoms with van der Waals surface area (Å²) in [6.45, 7) is 4.42. The summed E-state index contributed by atoms with van der Waals surface area (Å²) in [5.74, 6) is 0. The van der Waals surface area contributed by atoms with Gasteiger partial charge >= 0.3 is 0 Å². The molecule has 2 N–H and O–H groups in total. The number of halogens is 1. The van der Waals surface area contributed by atoms with Gasteiger partial charge in [0.15, 0.2) is 0 Å². The maximum absolute atomic E-state index is 10.7. The summed E-state index contributed by atoms with van der Waals surface area (Å²) in [5.41, 5.74) is 5.82. The van der Waals surface area contributed by atoms with Gasteiger partial charge in [0.05, 0.1) is 0 Å². The smallest absolute Gasteiger partial charge is 0.295 e. The first-order chi connectivity index (χ1) is 7.66. The molecule has 4 fully saturated rings. The van der Waals surface area contributed by atoms with Crippen LogP contribution in [-0.2, 0) is 4.84 Å². The van der Waals surface area contributed by atoms with Gasteiger partial charge in [0.2, 0.25) is 0 Å². The minimum absolute atomic E-state index is 0. The summed E-state index contributed by atoms with van der Waals surface area (Å²) in [7, 11) is 0. The lowest BCUT2D eigenvalue weighted by Crippen LogP contribution is -2.69. The molecule has 0 radical (unpaired) electrons. The van der Waals surface area contributed by atoms with Crippen molar-refractivity contribution in [2.45, 2.75) is 63.5 Å². The van der Waals surface area contributed by atoms with Crippen LogP contribution in [0.5, 0.6) is 0 Å². The molecule has 0 spiro atoms. The minimum Gasteiger partial charge on any atom is -0.325 e. The van der Waals surface area contributed by atoms with Crippen molar-refractivity contribution in [3.05, 3.63) is 10.1 Å². The standard InChI is InChI=1S/C12H20N2O3.ClH/c1-9-3-10(2)5-11(13,4-9)8-12(6-9,7-10)17-14(15)16;/h3-8,13H2,1-2H3;1H. The normalized spacial score (nSPS) is 52.8. The van der Waals surface area contributed by atoms with Crippen LogP contribution < -0.4 is 5.73 Å². The van der Waals surface area contributed by atoms with Gasteiger partial charge in [0.25, 0.3) is 5.09 Å².